The minimum absolute atomic E-state index is 0.175. The summed E-state index contributed by atoms with van der Waals surface area (Å²) in [5.74, 6) is 0.525. The maximum atomic E-state index is 12.6. The fourth-order valence-corrected chi connectivity index (χ4v) is 5.09. The van der Waals surface area contributed by atoms with Crippen molar-refractivity contribution in [3.05, 3.63) is 124 Å². The highest BCUT2D eigenvalue weighted by molar-refractivity contribution is 6.44. The van der Waals surface area contributed by atoms with E-state index in [-0.39, 0.29) is 22.4 Å². The van der Waals surface area contributed by atoms with Crippen LogP contribution in [0, 0.1) is 0 Å². The van der Waals surface area contributed by atoms with Crippen LogP contribution in [0.4, 0.5) is 0 Å². The highest BCUT2D eigenvalue weighted by atomic mass is 35.5. The highest BCUT2D eigenvalue weighted by Gasteiger charge is 2.19. The number of amides is 1. The number of halogens is 3. The number of hydrogen-bond acceptors (Lipinski definition) is 4. The van der Waals surface area contributed by atoms with Crippen molar-refractivity contribution < 1.29 is 14.3 Å². The predicted octanol–water partition coefficient (Wildman–Crippen LogP) is 8.70. The van der Waals surface area contributed by atoms with Gasteiger partial charge in [0, 0.05) is 22.3 Å². The lowest BCUT2D eigenvalue weighted by atomic mass is 10.1. The van der Waals surface area contributed by atoms with Gasteiger partial charge in [-0.3, -0.25) is 4.79 Å². The first-order chi connectivity index (χ1) is 20.4. The van der Waals surface area contributed by atoms with E-state index >= 15 is 0 Å². The Morgan fingerprint density at radius 1 is 0.857 bits per heavy atom. The summed E-state index contributed by atoms with van der Waals surface area (Å²) in [7, 11) is 0. The zero-order valence-corrected chi connectivity index (χ0v) is 24.8. The Kier molecular flexibility index (Phi) is 9.49. The average Bonchev–Trinajstić information content (AvgIpc) is 3.39. The summed E-state index contributed by atoms with van der Waals surface area (Å²) in [6.45, 7) is 2.21. The largest absolute Gasteiger partial charge is 0.494 e. The molecule has 0 fully saturated rings. The molecule has 0 spiro atoms. The fourth-order valence-electron chi connectivity index (χ4n) is 4.45. The topological polar surface area (TPSA) is 64.8 Å². The monoisotopic (exact) mass is 617 g/mol. The van der Waals surface area contributed by atoms with Crippen LogP contribution in [0.2, 0.25) is 15.1 Å². The van der Waals surface area contributed by atoms with E-state index in [0.717, 1.165) is 39.5 Å². The number of nitrogens with zero attached hydrogens (tertiary/aromatic N) is 2. The summed E-state index contributed by atoms with van der Waals surface area (Å²) < 4.78 is 13.4. The van der Waals surface area contributed by atoms with Gasteiger partial charge in [-0.05, 0) is 54.4 Å². The molecule has 0 atom stereocenters. The average molecular weight is 619 g/mol. The van der Waals surface area contributed by atoms with Gasteiger partial charge in [0.1, 0.15) is 16.5 Å². The molecule has 212 valence electrons. The van der Waals surface area contributed by atoms with Gasteiger partial charge in [-0.1, -0.05) is 95.5 Å². The molecule has 0 unspecified atom stereocenters. The van der Waals surface area contributed by atoms with Gasteiger partial charge in [0.25, 0.3) is 5.91 Å². The molecule has 5 aromatic rings. The Labute approximate surface area is 259 Å². The Morgan fingerprint density at radius 3 is 2.19 bits per heavy atom. The highest BCUT2D eigenvalue weighted by Crippen LogP contribution is 2.36. The minimum atomic E-state index is -0.478. The Bertz CT molecular complexity index is 1700. The molecule has 1 N–H and O–H groups in total. The maximum Gasteiger partial charge on any atom is 0.277 e. The number of hydrogen-bond donors (Lipinski definition) is 1. The summed E-state index contributed by atoms with van der Waals surface area (Å²) >= 11 is 18.2. The second kappa shape index (κ2) is 13.6. The molecule has 0 aliphatic heterocycles. The lowest BCUT2D eigenvalue weighted by Gasteiger charge is -2.15. The molecular weight excluding hydrogens is 593 g/mol. The van der Waals surface area contributed by atoms with E-state index in [2.05, 4.69) is 27.2 Å². The molecule has 0 aliphatic carbocycles. The van der Waals surface area contributed by atoms with Crippen LogP contribution in [0.1, 0.15) is 12.5 Å². The normalized spacial score (nSPS) is 11.0. The van der Waals surface area contributed by atoms with Crippen LogP contribution in [0.3, 0.4) is 0 Å². The zero-order valence-electron chi connectivity index (χ0n) is 22.6. The third-order valence-electron chi connectivity index (χ3n) is 6.26. The molecular formula is C33H26Cl3N3O3. The molecule has 0 saturated heterocycles. The molecule has 0 saturated carbocycles. The van der Waals surface area contributed by atoms with Crippen molar-refractivity contribution in [2.75, 3.05) is 13.2 Å². The van der Waals surface area contributed by atoms with Crippen molar-refractivity contribution in [1.82, 2.24) is 9.99 Å². The van der Waals surface area contributed by atoms with Crippen LogP contribution in [0.15, 0.2) is 108 Å². The summed E-state index contributed by atoms with van der Waals surface area (Å²) in [4.78, 5) is 12.6. The smallest absolute Gasteiger partial charge is 0.277 e. The van der Waals surface area contributed by atoms with Crippen molar-refractivity contribution in [2.45, 2.75) is 6.92 Å². The Hall–Kier alpha value is -4.23. The molecule has 0 bridgehead atoms. The van der Waals surface area contributed by atoms with Gasteiger partial charge in [0.15, 0.2) is 6.61 Å². The van der Waals surface area contributed by atoms with Crippen LogP contribution in [-0.2, 0) is 4.79 Å². The number of carbonyl (C=O) groups is 1. The third kappa shape index (κ3) is 6.80. The first kappa shape index (κ1) is 29.3. The number of hydrazone groups is 1. The third-order valence-corrected chi connectivity index (χ3v) is 7.27. The van der Waals surface area contributed by atoms with Crippen molar-refractivity contribution in [1.29, 1.82) is 0 Å². The van der Waals surface area contributed by atoms with Crippen molar-refractivity contribution in [2.24, 2.45) is 5.10 Å². The van der Waals surface area contributed by atoms with Crippen LogP contribution in [0.5, 0.6) is 11.5 Å². The molecule has 5 rings (SSSR count). The first-order valence-electron chi connectivity index (χ1n) is 13.1. The number of aromatic nitrogens is 1. The number of benzene rings is 4. The van der Waals surface area contributed by atoms with Gasteiger partial charge in [0.2, 0.25) is 0 Å². The quantitative estimate of drug-likeness (QED) is 0.0967. The lowest BCUT2D eigenvalue weighted by molar-refractivity contribution is -0.123. The van der Waals surface area contributed by atoms with E-state index in [1.54, 1.807) is 6.21 Å². The lowest BCUT2D eigenvalue weighted by Crippen LogP contribution is -2.24. The fraction of sp³-hybridized carbons (Fsp3) is 0.0909. The van der Waals surface area contributed by atoms with E-state index in [0.29, 0.717) is 11.6 Å². The summed E-state index contributed by atoms with van der Waals surface area (Å²) in [5, 5.41) is 5.01. The summed E-state index contributed by atoms with van der Waals surface area (Å²) in [5.41, 5.74) is 8.16. The van der Waals surface area contributed by atoms with E-state index < -0.39 is 5.91 Å². The standard InChI is InChI=1S/C33H26Cl3N3O3/c1-2-41-27-15-13-26(14-16-27)39-29(22-9-5-3-6-10-22)17-24(33(39)23-11-7-4-8-12-23)20-37-38-31(40)21-42-30-19-25(34)18-28(35)32(30)36/h3-20H,2,21H2,1H3,(H,38,40)/b37-20-. The van der Waals surface area contributed by atoms with Crippen LogP contribution in [-0.4, -0.2) is 29.9 Å². The first-order valence-corrected chi connectivity index (χ1v) is 14.3. The van der Waals surface area contributed by atoms with Crippen molar-refractivity contribution in [3.8, 4) is 39.7 Å². The van der Waals surface area contributed by atoms with E-state index in [4.69, 9.17) is 44.3 Å². The summed E-state index contributed by atoms with van der Waals surface area (Å²) in [6.07, 6.45) is 1.63. The molecule has 1 amide bonds. The molecule has 9 heteroatoms. The van der Waals surface area contributed by atoms with E-state index in [9.17, 15) is 4.79 Å². The maximum absolute atomic E-state index is 12.6. The van der Waals surface area contributed by atoms with Gasteiger partial charge in [0.05, 0.1) is 29.2 Å². The Morgan fingerprint density at radius 2 is 1.52 bits per heavy atom. The van der Waals surface area contributed by atoms with Gasteiger partial charge in [-0.15, -0.1) is 0 Å². The van der Waals surface area contributed by atoms with Crippen molar-refractivity contribution >= 4 is 46.9 Å². The van der Waals surface area contributed by atoms with Gasteiger partial charge in [-0.2, -0.15) is 5.10 Å². The van der Waals surface area contributed by atoms with Crippen molar-refractivity contribution in [3.63, 3.8) is 0 Å². The van der Waals surface area contributed by atoms with Gasteiger partial charge < -0.3 is 14.0 Å². The van der Waals surface area contributed by atoms with E-state index in [1.807, 2.05) is 85.8 Å². The van der Waals surface area contributed by atoms with Gasteiger partial charge in [-0.25, -0.2) is 5.43 Å². The molecule has 1 heterocycles. The van der Waals surface area contributed by atoms with Crippen LogP contribution in [0.25, 0.3) is 28.2 Å². The summed E-state index contributed by atoms with van der Waals surface area (Å²) in [6, 6.07) is 33.1. The second-order valence-corrected chi connectivity index (χ2v) is 10.3. The number of nitrogens with one attached hydrogen (secondary N) is 1. The zero-order chi connectivity index (χ0) is 29.5. The van der Waals surface area contributed by atoms with Crippen LogP contribution < -0.4 is 14.9 Å². The number of carbonyl (C=O) groups excluding carboxylic acids is 1. The molecule has 1 aromatic heterocycles. The number of ether oxygens (including phenoxy) is 2. The molecule has 0 aliphatic rings. The Balaban J connectivity index is 1.49. The van der Waals surface area contributed by atoms with E-state index in [1.165, 1.54) is 12.1 Å². The number of rotatable bonds is 10. The second-order valence-electron chi connectivity index (χ2n) is 9.11. The minimum Gasteiger partial charge on any atom is -0.494 e. The van der Waals surface area contributed by atoms with Gasteiger partial charge >= 0.3 is 0 Å². The SMILES string of the molecule is CCOc1ccc(-n2c(-c3ccccc3)cc(/C=N\NC(=O)COc3cc(Cl)cc(Cl)c3Cl)c2-c2ccccc2)cc1. The molecule has 4 aromatic carbocycles. The molecule has 6 nitrogen and oxygen atoms in total. The predicted molar refractivity (Wildman–Crippen MR) is 171 cm³/mol. The molecule has 0 radical (unpaired) electrons. The molecule has 42 heavy (non-hydrogen) atoms. The van der Waals surface area contributed by atoms with Crippen LogP contribution >= 0.6 is 34.8 Å².